The Bertz CT molecular complexity index is 333. The molecule has 0 aromatic heterocycles. The standard InChI is InChI=1S/C14H21NO2S.ClH/c16-14(10-15-6-8-17-9-7-15)12-18-11-13-4-2-1-3-5-13;/h1-5,14,16H,6-12H2;1H. The Balaban J connectivity index is 0.00000180. The quantitative estimate of drug-likeness (QED) is 0.872. The number of aliphatic hydroxyl groups is 1. The molecule has 1 N–H and O–H groups in total. The summed E-state index contributed by atoms with van der Waals surface area (Å²) in [6, 6.07) is 10.4. The van der Waals surface area contributed by atoms with E-state index in [-0.39, 0.29) is 18.5 Å². The molecular formula is C14H22ClNO2S. The van der Waals surface area contributed by atoms with Crippen molar-refractivity contribution in [3.63, 3.8) is 0 Å². The molecule has 1 fully saturated rings. The molecular weight excluding hydrogens is 282 g/mol. The minimum Gasteiger partial charge on any atom is -0.391 e. The van der Waals surface area contributed by atoms with E-state index in [1.807, 2.05) is 6.07 Å². The van der Waals surface area contributed by atoms with Crippen LogP contribution >= 0.6 is 24.2 Å². The van der Waals surface area contributed by atoms with E-state index in [1.54, 1.807) is 11.8 Å². The average molecular weight is 304 g/mol. The van der Waals surface area contributed by atoms with E-state index in [0.29, 0.717) is 0 Å². The number of aliphatic hydroxyl groups excluding tert-OH is 1. The highest BCUT2D eigenvalue weighted by atomic mass is 35.5. The Labute approximate surface area is 125 Å². The lowest BCUT2D eigenvalue weighted by Crippen LogP contribution is -2.41. The molecule has 1 heterocycles. The van der Waals surface area contributed by atoms with Gasteiger partial charge in [0.1, 0.15) is 0 Å². The summed E-state index contributed by atoms with van der Waals surface area (Å²) in [5.74, 6) is 1.77. The molecule has 1 aliphatic heterocycles. The van der Waals surface area contributed by atoms with Gasteiger partial charge in [0.2, 0.25) is 0 Å². The summed E-state index contributed by atoms with van der Waals surface area (Å²) >= 11 is 1.80. The smallest absolute Gasteiger partial charge is 0.0757 e. The zero-order valence-corrected chi connectivity index (χ0v) is 12.7. The van der Waals surface area contributed by atoms with Crippen molar-refractivity contribution in [3.8, 4) is 0 Å². The zero-order valence-electron chi connectivity index (χ0n) is 11.0. The first kappa shape index (κ1) is 16.8. The number of morpholine rings is 1. The van der Waals surface area contributed by atoms with E-state index in [1.165, 1.54) is 5.56 Å². The second-order valence-electron chi connectivity index (χ2n) is 4.57. The van der Waals surface area contributed by atoms with Gasteiger partial charge in [-0.1, -0.05) is 30.3 Å². The number of halogens is 1. The average Bonchev–Trinajstić information content (AvgIpc) is 2.41. The van der Waals surface area contributed by atoms with Gasteiger partial charge in [-0.3, -0.25) is 4.90 Å². The van der Waals surface area contributed by atoms with Gasteiger partial charge in [0.15, 0.2) is 0 Å². The maximum Gasteiger partial charge on any atom is 0.0757 e. The maximum absolute atomic E-state index is 9.98. The monoisotopic (exact) mass is 303 g/mol. The van der Waals surface area contributed by atoms with Crippen LogP contribution < -0.4 is 0 Å². The molecule has 2 rings (SSSR count). The van der Waals surface area contributed by atoms with Crippen LogP contribution in [0.15, 0.2) is 30.3 Å². The zero-order chi connectivity index (χ0) is 12.6. The highest BCUT2D eigenvalue weighted by Crippen LogP contribution is 2.13. The highest BCUT2D eigenvalue weighted by Gasteiger charge is 2.14. The molecule has 0 spiro atoms. The highest BCUT2D eigenvalue weighted by molar-refractivity contribution is 7.98. The van der Waals surface area contributed by atoms with Crippen LogP contribution in [-0.2, 0) is 10.5 Å². The lowest BCUT2D eigenvalue weighted by Gasteiger charge is -2.28. The predicted molar refractivity (Wildman–Crippen MR) is 83.1 cm³/mol. The number of rotatable bonds is 6. The summed E-state index contributed by atoms with van der Waals surface area (Å²) in [4.78, 5) is 2.28. The Kier molecular flexibility index (Phi) is 8.50. The first-order valence-electron chi connectivity index (χ1n) is 6.44. The third kappa shape index (κ3) is 6.63. The van der Waals surface area contributed by atoms with Gasteiger partial charge in [0, 0.05) is 31.1 Å². The fourth-order valence-corrected chi connectivity index (χ4v) is 2.95. The molecule has 0 saturated carbocycles. The summed E-state index contributed by atoms with van der Waals surface area (Å²) in [6.45, 7) is 4.25. The number of hydrogen-bond donors (Lipinski definition) is 1. The normalized spacial score (nSPS) is 17.7. The molecule has 1 atom stereocenters. The Morgan fingerprint density at radius 1 is 1.21 bits per heavy atom. The van der Waals surface area contributed by atoms with Crippen molar-refractivity contribution >= 4 is 24.2 Å². The van der Waals surface area contributed by atoms with E-state index in [9.17, 15) is 5.11 Å². The fraction of sp³-hybridized carbons (Fsp3) is 0.571. The van der Waals surface area contributed by atoms with E-state index in [0.717, 1.165) is 44.4 Å². The van der Waals surface area contributed by atoms with E-state index in [4.69, 9.17) is 4.74 Å². The van der Waals surface area contributed by atoms with E-state index in [2.05, 4.69) is 29.2 Å². The molecule has 1 aromatic rings. The summed E-state index contributed by atoms with van der Waals surface area (Å²) in [7, 11) is 0. The fourth-order valence-electron chi connectivity index (χ4n) is 2.02. The molecule has 19 heavy (non-hydrogen) atoms. The first-order chi connectivity index (χ1) is 8.84. The molecule has 0 aliphatic carbocycles. The van der Waals surface area contributed by atoms with Crippen LogP contribution in [0, 0.1) is 0 Å². The van der Waals surface area contributed by atoms with Gasteiger partial charge in [0.25, 0.3) is 0 Å². The van der Waals surface area contributed by atoms with Crippen LogP contribution in [0.25, 0.3) is 0 Å². The second kappa shape index (κ2) is 9.61. The van der Waals surface area contributed by atoms with Crippen molar-refractivity contribution in [1.82, 2.24) is 4.90 Å². The van der Waals surface area contributed by atoms with Crippen molar-refractivity contribution < 1.29 is 9.84 Å². The number of ether oxygens (including phenoxy) is 1. The van der Waals surface area contributed by atoms with Crippen molar-refractivity contribution in [2.24, 2.45) is 0 Å². The Morgan fingerprint density at radius 2 is 1.89 bits per heavy atom. The number of β-amino-alcohol motifs (C(OH)–C–C–N with tert-alkyl or cyclic N) is 1. The minimum absolute atomic E-state index is 0. The number of benzene rings is 1. The van der Waals surface area contributed by atoms with Crippen LogP contribution in [0.4, 0.5) is 0 Å². The van der Waals surface area contributed by atoms with Crippen LogP contribution in [0.1, 0.15) is 5.56 Å². The summed E-state index contributed by atoms with van der Waals surface area (Å²) in [5.41, 5.74) is 1.32. The number of nitrogens with zero attached hydrogens (tertiary/aromatic N) is 1. The van der Waals surface area contributed by atoms with Crippen molar-refractivity contribution in [2.75, 3.05) is 38.6 Å². The summed E-state index contributed by atoms with van der Waals surface area (Å²) in [5, 5.41) is 9.98. The molecule has 108 valence electrons. The molecule has 1 unspecified atom stereocenters. The molecule has 0 bridgehead atoms. The molecule has 0 radical (unpaired) electrons. The Morgan fingerprint density at radius 3 is 2.58 bits per heavy atom. The van der Waals surface area contributed by atoms with Crippen LogP contribution in [0.2, 0.25) is 0 Å². The van der Waals surface area contributed by atoms with Crippen molar-refractivity contribution in [3.05, 3.63) is 35.9 Å². The van der Waals surface area contributed by atoms with E-state index < -0.39 is 0 Å². The lowest BCUT2D eigenvalue weighted by molar-refractivity contribution is 0.0188. The van der Waals surface area contributed by atoms with Gasteiger partial charge in [-0.15, -0.1) is 12.4 Å². The van der Waals surface area contributed by atoms with Gasteiger partial charge >= 0.3 is 0 Å². The second-order valence-corrected chi connectivity index (χ2v) is 5.60. The third-order valence-electron chi connectivity index (χ3n) is 2.99. The topological polar surface area (TPSA) is 32.7 Å². The molecule has 0 amide bonds. The number of hydrogen-bond acceptors (Lipinski definition) is 4. The van der Waals surface area contributed by atoms with Crippen LogP contribution in [0.5, 0.6) is 0 Å². The number of thioether (sulfide) groups is 1. The maximum atomic E-state index is 9.98. The van der Waals surface area contributed by atoms with Crippen molar-refractivity contribution in [2.45, 2.75) is 11.9 Å². The third-order valence-corrected chi connectivity index (χ3v) is 4.15. The van der Waals surface area contributed by atoms with E-state index >= 15 is 0 Å². The summed E-state index contributed by atoms with van der Waals surface area (Å²) in [6.07, 6.45) is -0.239. The van der Waals surface area contributed by atoms with Gasteiger partial charge < -0.3 is 9.84 Å². The van der Waals surface area contributed by atoms with Crippen LogP contribution in [0.3, 0.4) is 0 Å². The van der Waals surface area contributed by atoms with Gasteiger partial charge in [0.05, 0.1) is 19.3 Å². The Hall–Kier alpha value is -0.260. The SMILES string of the molecule is Cl.OC(CSCc1ccccc1)CN1CCOCC1. The van der Waals surface area contributed by atoms with Crippen molar-refractivity contribution in [1.29, 1.82) is 0 Å². The van der Waals surface area contributed by atoms with Gasteiger partial charge in [-0.05, 0) is 5.56 Å². The minimum atomic E-state index is -0.239. The predicted octanol–water partition coefficient (Wildman–Crippen LogP) is 2.03. The van der Waals surface area contributed by atoms with Gasteiger partial charge in [-0.2, -0.15) is 11.8 Å². The molecule has 1 aliphatic rings. The molecule has 5 heteroatoms. The molecule has 1 aromatic carbocycles. The largest absolute Gasteiger partial charge is 0.391 e. The first-order valence-corrected chi connectivity index (χ1v) is 7.60. The molecule has 3 nitrogen and oxygen atoms in total. The summed E-state index contributed by atoms with van der Waals surface area (Å²) < 4.78 is 5.29. The molecule has 1 saturated heterocycles. The lowest BCUT2D eigenvalue weighted by atomic mass is 10.2. The van der Waals surface area contributed by atoms with Gasteiger partial charge in [-0.25, -0.2) is 0 Å². The van der Waals surface area contributed by atoms with Crippen LogP contribution in [-0.4, -0.2) is 54.7 Å².